The van der Waals surface area contributed by atoms with Gasteiger partial charge in [-0.1, -0.05) is 0 Å². The summed E-state index contributed by atoms with van der Waals surface area (Å²) in [4.78, 5) is 11.3. The van der Waals surface area contributed by atoms with Gasteiger partial charge < -0.3 is 14.6 Å². The van der Waals surface area contributed by atoms with Gasteiger partial charge in [0.2, 0.25) is 0 Å². The molecule has 0 unspecified atom stereocenters. The van der Waals surface area contributed by atoms with Crippen LogP contribution in [0.4, 0.5) is 0 Å². The molecule has 4 heteroatoms. The molecule has 0 aliphatic carbocycles. The Bertz CT molecular complexity index is 371. The number of carbonyl (C=O) groups is 1. The van der Waals surface area contributed by atoms with Gasteiger partial charge in [0.1, 0.15) is 5.75 Å². The molecule has 1 rings (SSSR count). The summed E-state index contributed by atoms with van der Waals surface area (Å²) in [5.74, 6) is 0.267. The molecule has 0 amide bonds. The quantitative estimate of drug-likeness (QED) is 0.785. The Hall–Kier alpha value is -1.55. The fourth-order valence-electron chi connectivity index (χ4n) is 1.50. The fraction of sp³-hybridized carbons (Fsp3) is 0.417. The Kier molecular flexibility index (Phi) is 4.31. The summed E-state index contributed by atoms with van der Waals surface area (Å²) in [6.45, 7) is 1.68. The van der Waals surface area contributed by atoms with Crippen molar-refractivity contribution in [1.29, 1.82) is 0 Å². The van der Waals surface area contributed by atoms with E-state index in [1.807, 2.05) is 0 Å². The van der Waals surface area contributed by atoms with Gasteiger partial charge in [0, 0.05) is 6.42 Å². The topological polar surface area (TPSA) is 55.8 Å². The Morgan fingerprint density at radius 3 is 2.62 bits per heavy atom. The van der Waals surface area contributed by atoms with E-state index in [9.17, 15) is 9.90 Å². The maximum absolute atomic E-state index is 11.3. The van der Waals surface area contributed by atoms with Crippen LogP contribution in [0.3, 0.4) is 0 Å². The molecule has 0 aromatic heterocycles. The second-order valence-electron chi connectivity index (χ2n) is 3.57. The summed E-state index contributed by atoms with van der Waals surface area (Å²) in [6.07, 6.45) is -0.0459. The molecule has 0 saturated carbocycles. The molecule has 0 radical (unpaired) electrons. The number of hydrogen-bond acceptors (Lipinski definition) is 4. The molecule has 0 heterocycles. The van der Waals surface area contributed by atoms with Crippen LogP contribution in [0.2, 0.25) is 0 Å². The number of aliphatic hydroxyl groups is 1. The number of carbonyl (C=O) groups excluding carboxylic acids is 1. The van der Waals surface area contributed by atoms with Gasteiger partial charge in [-0.25, -0.2) is 4.79 Å². The normalized spacial score (nSPS) is 12.0. The molecule has 1 aromatic carbocycles. The van der Waals surface area contributed by atoms with Crippen molar-refractivity contribution in [1.82, 2.24) is 0 Å². The predicted molar refractivity (Wildman–Crippen MR) is 59.7 cm³/mol. The molecular formula is C12H16O4. The zero-order valence-electron chi connectivity index (χ0n) is 9.69. The average molecular weight is 224 g/mol. The monoisotopic (exact) mass is 224 g/mol. The van der Waals surface area contributed by atoms with E-state index < -0.39 is 12.1 Å². The molecule has 0 fully saturated rings. The van der Waals surface area contributed by atoms with Crippen molar-refractivity contribution < 1.29 is 19.4 Å². The van der Waals surface area contributed by atoms with E-state index in [2.05, 4.69) is 4.74 Å². The number of hydrogen-bond donors (Lipinski definition) is 1. The predicted octanol–water partition coefficient (Wildman–Crippen LogP) is 1.41. The van der Waals surface area contributed by atoms with Crippen LogP contribution in [0.1, 0.15) is 22.8 Å². The third-order valence-electron chi connectivity index (χ3n) is 2.22. The molecule has 0 aliphatic heterocycles. The van der Waals surface area contributed by atoms with Crippen LogP contribution >= 0.6 is 0 Å². The van der Waals surface area contributed by atoms with Crippen LogP contribution in [-0.2, 0) is 11.2 Å². The third-order valence-corrected chi connectivity index (χ3v) is 2.22. The summed E-state index contributed by atoms with van der Waals surface area (Å²) in [6, 6.07) is 5.01. The first kappa shape index (κ1) is 12.5. The van der Waals surface area contributed by atoms with Crippen molar-refractivity contribution in [2.45, 2.75) is 19.4 Å². The SMILES string of the molecule is COC(=O)c1ccc(OC)c(C[C@@H](C)O)c1. The van der Waals surface area contributed by atoms with Gasteiger partial charge in [-0.3, -0.25) is 0 Å². The standard InChI is InChI=1S/C12H16O4/c1-8(13)6-10-7-9(12(14)16-3)4-5-11(10)15-2/h4-5,7-8,13H,6H2,1-3H3/t8-/m1/s1. The van der Waals surface area contributed by atoms with Gasteiger partial charge in [0.25, 0.3) is 0 Å². The molecule has 1 N–H and O–H groups in total. The molecule has 1 atom stereocenters. The number of esters is 1. The largest absolute Gasteiger partial charge is 0.496 e. The zero-order valence-corrected chi connectivity index (χ0v) is 9.69. The Morgan fingerprint density at radius 1 is 1.44 bits per heavy atom. The average Bonchev–Trinajstić information content (AvgIpc) is 2.27. The van der Waals surface area contributed by atoms with Crippen LogP contribution in [0.15, 0.2) is 18.2 Å². The smallest absolute Gasteiger partial charge is 0.337 e. The van der Waals surface area contributed by atoms with E-state index in [-0.39, 0.29) is 0 Å². The lowest BCUT2D eigenvalue weighted by Crippen LogP contribution is -2.08. The molecular weight excluding hydrogens is 208 g/mol. The molecule has 0 aliphatic rings. The molecule has 4 nitrogen and oxygen atoms in total. The van der Waals surface area contributed by atoms with Crippen molar-refractivity contribution in [2.24, 2.45) is 0 Å². The maximum atomic E-state index is 11.3. The van der Waals surface area contributed by atoms with E-state index in [0.717, 1.165) is 5.56 Å². The van der Waals surface area contributed by atoms with Crippen molar-refractivity contribution in [2.75, 3.05) is 14.2 Å². The number of benzene rings is 1. The summed E-state index contributed by atoms with van der Waals surface area (Å²) in [5, 5.41) is 9.34. The van der Waals surface area contributed by atoms with Crippen molar-refractivity contribution >= 4 is 5.97 Å². The lowest BCUT2D eigenvalue weighted by Gasteiger charge is -2.11. The highest BCUT2D eigenvalue weighted by atomic mass is 16.5. The minimum atomic E-state index is -0.484. The van der Waals surface area contributed by atoms with Gasteiger partial charge in [-0.05, 0) is 30.7 Å². The second-order valence-corrected chi connectivity index (χ2v) is 3.57. The van der Waals surface area contributed by atoms with Crippen molar-refractivity contribution in [3.8, 4) is 5.75 Å². The fourth-order valence-corrected chi connectivity index (χ4v) is 1.50. The minimum absolute atomic E-state index is 0.394. The summed E-state index contributed by atoms with van der Waals surface area (Å²) in [7, 11) is 2.89. The van der Waals surface area contributed by atoms with Crippen LogP contribution in [0.5, 0.6) is 5.75 Å². The summed E-state index contributed by atoms with van der Waals surface area (Å²) >= 11 is 0. The summed E-state index contributed by atoms with van der Waals surface area (Å²) < 4.78 is 9.78. The van der Waals surface area contributed by atoms with Crippen molar-refractivity contribution in [3.05, 3.63) is 29.3 Å². The van der Waals surface area contributed by atoms with Gasteiger partial charge in [-0.15, -0.1) is 0 Å². The van der Waals surface area contributed by atoms with E-state index in [1.165, 1.54) is 7.11 Å². The van der Waals surface area contributed by atoms with E-state index in [4.69, 9.17) is 4.74 Å². The Balaban J connectivity index is 3.05. The van der Waals surface area contributed by atoms with Gasteiger partial charge in [0.15, 0.2) is 0 Å². The van der Waals surface area contributed by atoms with Gasteiger partial charge in [0.05, 0.1) is 25.9 Å². The minimum Gasteiger partial charge on any atom is -0.496 e. The summed E-state index contributed by atoms with van der Waals surface area (Å²) in [5.41, 5.74) is 1.25. The van der Waals surface area contributed by atoms with E-state index >= 15 is 0 Å². The second kappa shape index (κ2) is 5.51. The Morgan fingerprint density at radius 2 is 2.12 bits per heavy atom. The van der Waals surface area contributed by atoms with E-state index in [0.29, 0.717) is 17.7 Å². The van der Waals surface area contributed by atoms with Crippen LogP contribution < -0.4 is 4.74 Å². The number of aliphatic hydroxyl groups excluding tert-OH is 1. The number of rotatable bonds is 4. The third kappa shape index (κ3) is 2.97. The van der Waals surface area contributed by atoms with Crippen LogP contribution in [0.25, 0.3) is 0 Å². The molecule has 0 spiro atoms. The molecule has 1 aromatic rings. The lowest BCUT2D eigenvalue weighted by molar-refractivity contribution is 0.0600. The molecule has 88 valence electrons. The molecule has 16 heavy (non-hydrogen) atoms. The number of ether oxygens (including phenoxy) is 2. The van der Waals surface area contributed by atoms with Crippen LogP contribution in [-0.4, -0.2) is 31.4 Å². The zero-order chi connectivity index (χ0) is 12.1. The molecule has 0 saturated heterocycles. The first-order chi connectivity index (χ1) is 7.58. The molecule has 0 bridgehead atoms. The van der Waals surface area contributed by atoms with Crippen LogP contribution in [0, 0.1) is 0 Å². The number of methoxy groups -OCH3 is 2. The van der Waals surface area contributed by atoms with Gasteiger partial charge >= 0.3 is 5.97 Å². The Labute approximate surface area is 94.8 Å². The van der Waals surface area contributed by atoms with Crippen molar-refractivity contribution in [3.63, 3.8) is 0 Å². The highest BCUT2D eigenvalue weighted by Gasteiger charge is 2.11. The van der Waals surface area contributed by atoms with E-state index in [1.54, 1.807) is 32.2 Å². The van der Waals surface area contributed by atoms with Gasteiger partial charge in [-0.2, -0.15) is 0 Å². The first-order valence-corrected chi connectivity index (χ1v) is 5.01. The highest BCUT2D eigenvalue weighted by Crippen LogP contribution is 2.21. The maximum Gasteiger partial charge on any atom is 0.337 e. The highest BCUT2D eigenvalue weighted by molar-refractivity contribution is 5.89. The lowest BCUT2D eigenvalue weighted by atomic mass is 10.0. The first-order valence-electron chi connectivity index (χ1n) is 5.01.